The highest BCUT2D eigenvalue weighted by atomic mass is 35.5. The summed E-state index contributed by atoms with van der Waals surface area (Å²) < 4.78 is 0. The molecule has 1 heterocycles. The van der Waals surface area contributed by atoms with Crippen LogP contribution in [0.25, 0.3) is 0 Å². The van der Waals surface area contributed by atoms with Crippen molar-refractivity contribution in [2.24, 2.45) is 0 Å². The van der Waals surface area contributed by atoms with Crippen LogP contribution in [0, 0.1) is 6.92 Å². The summed E-state index contributed by atoms with van der Waals surface area (Å²) in [7, 11) is 0. The summed E-state index contributed by atoms with van der Waals surface area (Å²) in [5.41, 5.74) is 2.76. The fourth-order valence-corrected chi connectivity index (χ4v) is 2.99. The maximum absolute atomic E-state index is 6.17. The zero-order valence-corrected chi connectivity index (χ0v) is 14.6. The van der Waals surface area contributed by atoms with Gasteiger partial charge in [-0.2, -0.15) is 0 Å². The van der Waals surface area contributed by atoms with Crippen molar-refractivity contribution in [2.75, 3.05) is 5.32 Å². The first-order valence-corrected chi connectivity index (χ1v) is 7.97. The molecule has 0 saturated heterocycles. The Bertz CT molecular complexity index is 635. The lowest BCUT2D eigenvalue weighted by Gasteiger charge is -2.21. The molecule has 0 radical (unpaired) electrons. The Balaban J connectivity index is 2.33. The Kier molecular flexibility index (Phi) is 5.61. The van der Waals surface area contributed by atoms with Gasteiger partial charge in [-0.3, -0.25) is 0 Å². The maximum Gasteiger partial charge on any atom is 0.154 e. The van der Waals surface area contributed by atoms with Crippen molar-refractivity contribution in [2.45, 2.75) is 26.3 Å². The smallest absolute Gasteiger partial charge is 0.154 e. The van der Waals surface area contributed by atoms with Gasteiger partial charge in [0, 0.05) is 0 Å². The van der Waals surface area contributed by atoms with E-state index in [1.54, 1.807) is 12.1 Å². The fourth-order valence-electron chi connectivity index (χ4n) is 2.09. The number of rotatable bonds is 4. The Morgan fingerprint density at radius 3 is 2.38 bits per heavy atom. The first kappa shape index (κ1) is 16.7. The highest BCUT2D eigenvalue weighted by molar-refractivity contribution is 6.42. The van der Waals surface area contributed by atoms with Gasteiger partial charge in [0.2, 0.25) is 0 Å². The molecule has 112 valence electrons. The molecule has 1 aromatic carbocycles. The molecule has 21 heavy (non-hydrogen) atoms. The predicted octanol–water partition coefficient (Wildman–Crippen LogP) is 6.57. The average Bonchev–Trinajstić information content (AvgIpc) is 2.41. The van der Waals surface area contributed by atoms with Gasteiger partial charge < -0.3 is 5.32 Å². The van der Waals surface area contributed by atoms with Gasteiger partial charge in [-0.15, -0.1) is 0 Å². The van der Waals surface area contributed by atoms with Crippen LogP contribution >= 0.6 is 46.4 Å². The Hall–Kier alpha value is -0.670. The molecule has 1 N–H and O–H groups in total. The molecule has 0 amide bonds. The van der Waals surface area contributed by atoms with Crippen LogP contribution in [0.5, 0.6) is 0 Å². The molecule has 6 heteroatoms. The summed E-state index contributed by atoms with van der Waals surface area (Å²) in [6.07, 6.45) is 0.857. The third kappa shape index (κ3) is 3.95. The highest BCUT2D eigenvalue weighted by Crippen LogP contribution is 2.33. The molecule has 2 aromatic rings. The molecule has 0 fully saturated rings. The highest BCUT2D eigenvalue weighted by Gasteiger charge is 2.15. The minimum absolute atomic E-state index is 0.0546. The van der Waals surface area contributed by atoms with E-state index < -0.39 is 0 Å². The van der Waals surface area contributed by atoms with Gasteiger partial charge in [-0.25, -0.2) is 4.98 Å². The van der Waals surface area contributed by atoms with E-state index in [4.69, 9.17) is 46.4 Å². The van der Waals surface area contributed by atoms with Crippen molar-refractivity contribution in [3.05, 3.63) is 55.7 Å². The molecule has 0 aliphatic heterocycles. The number of pyridine rings is 1. The number of aromatic nitrogens is 1. The van der Waals surface area contributed by atoms with Crippen LogP contribution < -0.4 is 5.32 Å². The van der Waals surface area contributed by atoms with Crippen molar-refractivity contribution >= 4 is 52.1 Å². The van der Waals surface area contributed by atoms with Crippen molar-refractivity contribution in [3.63, 3.8) is 0 Å². The summed E-state index contributed by atoms with van der Waals surface area (Å²) in [5, 5.41) is 5.21. The van der Waals surface area contributed by atoms with E-state index in [-0.39, 0.29) is 6.04 Å². The van der Waals surface area contributed by atoms with Crippen LogP contribution in [0.3, 0.4) is 0 Å². The molecule has 0 spiro atoms. The summed E-state index contributed by atoms with van der Waals surface area (Å²) in [4.78, 5) is 4.07. The van der Waals surface area contributed by atoms with Crippen molar-refractivity contribution < 1.29 is 0 Å². The van der Waals surface area contributed by atoms with Gasteiger partial charge >= 0.3 is 0 Å². The van der Waals surface area contributed by atoms with Gasteiger partial charge in [-0.1, -0.05) is 59.4 Å². The van der Waals surface area contributed by atoms with E-state index in [9.17, 15) is 0 Å². The molecule has 2 rings (SSSR count). The first-order valence-electron chi connectivity index (χ1n) is 6.46. The molecule has 1 unspecified atom stereocenters. The molecule has 0 bridgehead atoms. The quantitative estimate of drug-likeness (QED) is 0.621. The Labute approximate surface area is 144 Å². The van der Waals surface area contributed by atoms with Crippen molar-refractivity contribution in [1.82, 2.24) is 4.98 Å². The minimum atomic E-state index is 0.0546. The van der Waals surface area contributed by atoms with E-state index in [0.717, 1.165) is 23.2 Å². The molecule has 1 atom stereocenters. The predicted molar refractivity (Wildman–Crippen MR) is 92.1 cm³/mol. The van der Waals surface area contributed by atoms with E-state index in [2.05, 4.69) is 17.2 Å². The lowest BCUT2D eigenvalue weighted by Crippen LogP contribution is -2.11. The third-order valence-electron chi connectivity index (χ3n) is 3.21. The van der Waals surface area contributed by atoms with Crippen LogP contribution in [-0.4, -0.2) is 4.98 Å². The molecule has 2 nitrogen and oxygen atoms in total. The molecular formula is C15H14Cl4N2. The zero-order chi connectivity index (χ0) is 15.6. The second-order valence-corrected chi connectivity index (χ2v) is 6.27. The molecule has 0 saturated carbocycles. The number of halogens is 4. The third-order valence-corrected chi connectivity index (χ3v) is 4.42. The van der Waals surface area contributed by atoms with Crippen LogP contribution in [0.1, 0.15) is 30.5 Å². The van der Waals surface area contributed by atoms with Gasteiger partial charge in [0.05, 0.1) is 21.8 Å². The second kappa shape index (κ2) is 7.06. The van der Waals surface area contributed by atoms with Gasteiger partial charge in [-0.05, 0) is 42.7 Å². The summed E-state index contributed by atoms with van der Waals surface area (Å²) in [5.74, 6) is 0. The number of nitrogens with one attached hydrogen (secondary N) is 1. The second-order valence-electron chi connectivity index (χ2n) is 4.71. The molecule has 0 aliphatic rings. The summed E-state index contributed by atoms with van der Waals surface area (Å²) in [6, 6.07) is 7.42. The number of hydrogen-bond donors (Lipinski definition) is 1. The van der Waals surface area contributed by atoms with E-state index >= 15 is 0 Å². The van der Waals surface area contributed by atoms with Crippen LogP contribution in [0.2, 0.25) is 20.4 Å². The van der Waals surface area contributed by atoms with Crippen molar-refractivity contribution in [3.8, 4) is 0 Å². The molecule has 0 aliphatic carbocycles. The zero-order valence-electron chi connectivity index (χ0n) is 11.6. The van der Waals surface area contributed by atoms with Crippen LogP contribution in [-0.2, 0) is 0 Å². The number of anilines is 1. The minimum Gasteiger partial charge on any atom is -0.376 e. The number of hydrogen-bond acceptors (Lipinski definition) is 2. The molecule has 1 aromatic heterocycles. The molecular weight excluding hydrogens is 350 g/mol. The summed E-state index contributed by atoms with van der Waals surface area (Å²) >= 11 is 24.1. The number of benzene rings is 1. The lowest BCUT2D eigenvalue weighted by atomic mass is 10.0. The van der Waals surface area contributed by atoms with Crippen LogP contribution in [0.4, 0.5) is 5.69 Å². The average molecular weight is 364 g/mol. The normalized spacial score (nSPS) is 12.3. The van der Waals surface area contributed by atoms with E-state index in [1.807, 2.05) is 19.1 Å². The van der Waals surface area contributed by atoms with Gasteiger partial charge in [0.25, 0.3) is 0 Å². The van der Waals surface area contributed by atoms with Gasteiger partial charge in [0.1, 0.15) is 5.15 Å². The van der Waals surface area contributed by atoms with Gasteiger partial charge in [0.15, 0.2) is 5.15 Å². The fraction of sp³-hybridized carbons (Fsp3) is 0.267. The monoisotopic (exact) mass is 362 g/mol. The number of aryl methyl sites for hydroxylation is 1. The largest absolute Gasteiger partial charge is 0.376 e. The van der Waals surface area contributed by atoms with Crippen LogP contribution in [0.15, 0.2) is 24.3 Å². The summed E-state index contributed by atoms with van der Waals surface area (Å²) in [6.45, 7) is 4.01. The number of nitrogens with zero attached hydrogens (tertiary/aromatic N) is 1. The van der Waals surface area contributed by atoms with E-state index in [0.29, 0.717) is 20.4 Å². The SMILES string of the molecule is CCC(Nc1c(C)cc(Cl)nc1Cl)c1ccc(Cl)c(Cl)c1. The lowest BCUT2D eigenvalue weighted by molar-refractivity contribution is 0.748. The Morgan fingerprint density at radius 1 is 1.10 bits per heavy atom. The maximum atomic E-state index is 6.17. The standard InChI is InChI=1S/C15H14Cl4N2/c1-3-12(9-4-5-10(16)11(17)7-9)20-14-8(2)6-13(18)21-15(14)19/h4-7,12,20H,3H2,1-2H3. The topological polar surface area (TPSA) is 24.9 Å². The first-order chi connectivity index (χ1) is 9.92. The Morgan fingerprint density at radius 2 is 1.81 bits per heavy atom. The van der Waals surface area contributed by atoms with Crippen molar-refractivity contribution in [1.29, 1.82) is 0 Å². The van der Waals surface area contributed by atoms with E-state index in [1.165, 1.54) is 0 Å².